The maximum atomic E-state index is 10.1. The van der Waals surface area contributed by atoms with Crippen molar-refractivity contribution < 1.29 is 14.2 Å². The quantitative estimate of drug-likeness (QED) is 0.669. The summed E-state index contributed by atoms with van der Waals surface area (Å²) in [5.74, 6) is 0.807. The summed E-state index contributed by atoms with van der Waals surface area (Å²) in [6.45, 7) is 7.91. The minimum Gasteiger partial charge on any atom is -0.357 e. The van der Waals surface area contributed by atoms with Crippen LogP contribution in [0.5, 0.6) is 0 Å². The Bertz CT molecular complexity index is 769. The monoisotopic (exact) mass is 383 g/mol. The van der Waals surface area contributed by atoms with Crippen molar-refractivity contribution >= 4 is 0 Å². The van der Waals surface area contributed by atoms with Crippen LogP contribution in [0.2, 0.25) is 0 Å². The Morgan fingerprint density at radius 2 is 1.96 bits per heavy atom. The fourth-order valence-electron chi connectivity index (χ4n) is 7.10. The molecule has 3 unspecified atom stereocenters. The molecule has 1 aliphatic heterocycles. The lowest BCUT2D eigenvalue weighted by Crippen LogP contribution is -2.50. The highest BCUT2D eigenvalue weighted by molar-refractivity contribution is 5.45. The van der Waals surface area contributed by atoms with Crippen molar-refractivity contribution in [1.82, 2.24) is 0 Å². The number of rotatable bonds is 2. The lowest BCUT2D eigenvalue weighted by molar-refractivity contribution is -0.164. The van der Waals surface area contributed by atoms with Gasteiger partial charge in [0.1, 0.15) is 0 Å². The molecule has 4 nitrogen and oxygen atoms in total. The predicted octanol–water partition coefficient (Wildman–Crippen LogP) is 5.05. The van der Waals surface area contributed by atoms with Gasteiger partial charge in [-0.2, -0.15) is 5.26 Å². The number of hydrogen-bond acceptors (Lipinski definition) is 4. The van der Waals surface area contributed by atoms with Crippen molar-refractivity contribution in [2.45, 2.75) is 89.6 Å². The first-order chi connectivity index (χ1) is 13.4. The van der Waals surface area contributed by atoms with Gasteiger partial charge in [-0.25, -0.2) is 0 Å². The molecule has 1 saturated carbocycles. The fourth-order valence-corrected chi connectivity index (χ4v) is 7.10. The molecule has 0 N–H and O–H groups in total. The normalized spacial score (nSPS) is 41.5. The molecular formula is C24H33NO3. The number of nitrogens with zero attached hydrogens (tertiary/aromatic N) is 1. The molecule has 4 aliphatic carbocycles. The van der Waals surface area contributed by atoms with Crippen molar-refractivity contribution in [3.63, 3.8) is 0 Å². The van der Waals surface area contributed by atoms with E-state index >= 15 is 0 Å². The Balaban J connectivity index is 1.47. The summed E-state index contributed by atoms with van der Waals surface area (Å²) in [6.07, 6.45) is 10.9. The maximum Gasteiger partial charge on any atom is 0.172 e. The van der Waals surface area contributed by atoms with Gasteiger partial charge in [0, 0.05) is 18.3 Å². The van der Waals surface area contributed by atoms with Crippen molar-refractivity contribution in [3.05, 3.63) is 22.8 Å². The molecule has 1 spiro atoms. The molecule has 0 radical (unpaired) electrons. The van der Waals surface area contributed by atoms with Gasteiger partial charge in [0.25, 0.3) is 0 Å². The van der Waals surface area contributed by atoms with Crippen LogP contribution >= 0.6 is 0 Å². The Labute approximate surface area is 168 Å². The summed E-state index contributed by atoms with van der Waals surface area (Å²) < 4.78 is 18.3. The zero-order valence-electron chi connectivity index (χ0n) is 17.6. The minimum absolute atomic E-state index is 0.0776. The summed E-state index contributed by atoms with van der Waals surface area (Å²) in [5, 5.41) is 10.1. The van der Waals surface area contributed by atoms with Gasteiger partial charge in [0.2, 0.25) is 0 Å². The van der Waals surface area contributed by atoms with E-state index in [1.807, 2.05) is 0 Å². The predicted molar refractivity (Wildman–Crippen MR) is 106 cm³/mol. The van der Waals surface area contributed by atoms with E-state index in [-0.39, 0.29) is 17.3 Å². The second-order valence-electron chi connectivity index (χ2n) is 10.0. The Morgan fingerprint density at radius 1 is 1.18 bits per heavy atom. The lowest BCUT2D eigenvalue weighted by atomic mass is 9.56. The SMILES string of the molecule is CC(C)O[C@]1(C#N)CCC2C3CCC4=C(CCC5(C4)OCCO5)C3=CCC21C. The lowest BCUT2D eigenvalue weighted by Gasteiger charge is -2.50. The van der Waals surface area contributed by atoms with Gasteiger partial charge in [-0.3, -0.25) is 0 Å². The first-order valence-electron chi connectivity index (χ1n) is 11.2. The smallest absolute Gasteiger partial charge is 0.172 e. The third-order valence-corrected chi connectivity index (χ3v) is 8.38. The van der Waals surface area contributed by atoms with Gasteiger partial charge >= 0.3 is 0 Å². The molecule has 5 rings (SSSR count). The number of nitriles is 1. The molecule has 4 atom stereocenters. The number of allylic oxidation sites excluding steroid dienone is 3. The molecule has 0 aromatic heterocycles. The molecule has 152 valence electrons. The van der Waals surface area contributed by atoms with Crippen LogP contribution in [-0.2, 0) is 14.2 Å². The highest BCUT2D eigenvalue weighted by atomic mass is 16.7. The minimum atomic E-state index is -0.634. The average Bonchev–Trinajstić information content (AvgIpc) is 3.24. The van der Waals surface area contributed by atoms with Gasteiger partial charge < -0.3 is 14.2 Å². The van der Waals surface area contributed by atoms with Crippen LogP contribution in [0.1, 0.15) is 72.1 Å². The standard InChI is InChI=1S/C24H33NO3/c1-16(2)28-23(15-25)10-8-21-20-5-4-17-14-24(26-12-13-27-24)11-7-18(17)19(20)6-9-22(21,23)3/h6,16,20-21H,4-5,7-14H2,1-3H3/t20?,21?,22?,23-/m0/s1. The molecule has 1 saturated heterocycles. The van der Waals surface area contributed by atoms with Crippen LogP contribution in [0.15, 0.2) is 22.8 Å². The molecule has 5 aliphatic rings. The fraction of sp³-hybridized carbons (Fsp3) is 0.792. The topological polar surface area (TPSA) is 51.5 Å². The summed E-state index contributed by atoms with van der Waals surface area (Å²) in [5.41, 5.74) is 4.05. The number of fused-ring (bicyclic) bond motifs is 4. The van der Waals surface area contributed by atoms with Gasteiger partial charge in [-0.1, -0.05) is 18.6 Å². The first-order valence-corrected chi connectivity index (χ1v) is 11.2. The molecule has 0 bridgehead atoms. The highest BCUT2D eigenvalue weighted by Crippen LogP contribution is 2.64. The second-order valence-corrected chi connectivity index (χ2v) is 10.0. The van der Waals surface area contributed by atoms with Crippen LogP contribution in [-0.4, -0.2) is 30.7 Å². The Kier molecular flexibility index (Phi) is 4.32. The molecule has 28 heavy (non-hydrogen) atoms. The van der Waals surface area contributed by atoms with Crippen molar-refractivity contribution in [3.8, 4) is 6.07 Å². The molecule has 4 heteroatoms. The van der Waals surface area contributed by atoms with Crippen molar-refractivity contribution in [2.24, 2.45) is 17.3 Å². The van der Waals surface area contributed by atoms with Gasteiger partial charge in [0.05, 0.1) is 25.4 Å². The first kappa shape index (κ1) is 18.9. The largest absolute Gasteiger partial charge is 0.357 e. The zero-order chi connectivity index (χ0) is 19.6. The molecule has 0 aromatic rings. The van der Waals surface area contributed by atoms with E-state index in [4.69, 9.17) is 14.2 Å². The van der Waals surface area contributed by atoms with E-state index < -0.39 is 5.60 Å². The molecule has 1 heterocycles. The van der Waals surface area contributed by atoms with Gasteiger partial charge in [-0.15, -0.1) is 0 Å². The molecular weight excluding hydrogens is 350 g/mol. The van der Waals surface area contributed by atoms with Gasteiger partial charge in [0.15, 0.2) is 11.4 Å². The van der Waals surface area contributed by atoms with E-state index in [1.165, 1.54) is 6.42 Å². The van der Waals surface area contributed by atoms with E-state index in [0.717, 1.165) is 58.2 Å². The summed E-state index contributed by atoms with van der Waals surface area (Å²) in [4.78, 5) is 0. The maximum absolute atomic E-state index is 10.1. The van der Waals surface area contributed by atoms with Crippen molar-refractivity contribution in [1.29, 1.82) is 5.26 Å². The number of ether oxygens (including phenoxy) is 3. The molecule has 0 amide bonds. The highest BCUT2D eigenvalue weighted by Gasteiger charge is 2.62. The third kappa shape index (κ3) is 2.52. The average molecular weight is 384 g/mol. The third-order valence-electron chi connectivity index (χ3n) is 8.38. The van der Waals surface area contributed by atoms with Crippen LogP contribution in [0.3, 0.4) is 0 Å². The summed E-state index contributed by atoms with van der Waals surface area (Å²) in [6, 6.07) is 2.64. The summed E-state index contributed by atoms with van der Waals surface area (Å²) in [7, 11) is 0. The molecule has 2 fully saturated rings. The molecule has 0 aromatic carbocycles. The summed E-state index contributed by atoms with van der Waals surface area (Å²) >= 11 is 0. The second kappa shape index (κ2) is 6.42. The van der Waals surface area contributed by atoms with Crippen LogP contribution in [0.4, 0.5) is 0 Å². The number of hydrogen-bond donors (Lipinski definition) is 0. The zero-order valence-corrected chi connectivity index (χ0v) is 17.6. The van der Waals surface area contributed by atoms with Gasteiger partial charge in [-0.05, 0) is 75.4 Å². The van der Waals surface area contributed by atoms with E-state index in [1.54, 1.807) is 16.7 Å². The van der Waals surface area contributed by atoms with E-state index in [0.29, 0.717) is 11.8 Å². The van der Waals surface area contributed by atoms with Crippen LogP contribution < -0.4 is 0 Å². The Hall–Kier alpha value is -1.15. The van der Waals surface area contributed by atoms with E-state index in [9.17, 15) is 5.26 Å². The van der Waals surface area contributed by atoms with Crippen LogP contribution in [0.25, 0.3) is 0 Å². The Morgan fingerprint density at radius 3 is 2.68 bits per heavy atom. The van der Waals surface area contributed by atoms with Crippen LogP contribution in [0, 0.1) is 28.6 Å². The van der Waals surface area contributed by atoms with E-state index in [2.05, 4.69) is 32.9 Å². The van der Waals surface area contributed by atoms with Crippen molar-refractivity contribution in [2.75, 3.05) is 13.2 Å².